The number of unbranched alkanes of at least 4 members (excludes halogenated alkanes) is 1. The molecular weight excluding hydrogens is 612 g/mol. The molecule has 0 saturated carbocycles. The molecule has 1 aliphatic rings. The third kappa shape index (κ3) is 14.0. The molecule has 47 heavy (non-hydrogen) atoms. The summed E-state index contributed by atoms with van der Waals surface area (Å²) in [7, 11) is 1.53. The van der Waals surface area contributed by atoms with Gasteiger partial charge >= 0.3 is 5.97 Å². The van der Waals surface area contributed by atoms with Crippen LogP contribution in [0.4, 0.5) is 5.69 Å². The van der Waals surface area contributed by atoms with Crippen molar-refractivity contribution in [2.75, 3.05) is 45.1 Å². The van der Waals surface area contributed by atoms with Crippen LogP contribution in [0.25, 0.3) is 0 Å². The number of nitrogens with two attached hydrogens (primary N) is 1. The molecule has 0 spiro atoms. The molecule has 0 radical (unpaired) electrons. The van der Waals surface area contributed by atoms with Crippen molar-refractivity contribution in [3.63, 3.8) is 0 Å². The minimum atomic E-state index is -0.914. The SMILES string of the molecule is CCCCNC(=O)[C@@H](C[C@H](OC(=O)CCCO[N+](=O)[O-])C(N)CC(C)(C)CC(=O)N1C[C@H](COCOC)Oc2ccccc21)C(C)C. The molecule has 266 valence electrons. The van der Waals surface area contributed by atoms with Gasteiger partial charge in [-0.1, -0.05) is 53.2 Å². The first-order valence-corrected chi connectivity index (χ1v) is 16.4. The van der Waals surface area contributed by atoms with Crippen LogP contribution in [0.2, 0.25) is 0 Å². The van der Waals surface area contributed by atoms with Gasteiger partial charge in [-0.2, -0.15) is 0 Å². The number of anilines is 1. The highest BCUT2D eigenvalue weighted by atomic mass is 16.9. The summed E-state index contributed by atoms with van der Waals surface area (Å²) < 4.78 is 22.4. The number of fused-ring (bicyclic) bond motifs is 1. The molecule has 14 nitrogen and oxygen atoms in total. The predicted molar refractivity (Wildman–Crippen MR) is 175 cm³/mol. The van der Waals surface area contributed by atoms with Crippen molar-refractivity contribution in [2.45, 2.75) is 97.8 Å². The third-order valence-corrected chi connectivity index (χ3v) is 8.00. The fourth-order valence-corrected chi connectivity index (χ4v) is 5.58. The summed E-state index contributed by atoms with van der Waals surface area (Å²) in [6.07, 6.45) is 1.19. The summed E-state index contributed by atoms with van der Waals surface area (Å²) in [5.74, 6) is -0.794. The van der Waals surface area contributed by atoms with Crippen molar-refractivity contribution in [3.05, 3.63) is 34.4 Å². The Labute approximate surface area is 278 Å². The Morgan fingerprint density at radius 2 is 1.94 bits per heavy atom. The average Bonchev–Trinajstić information content (AvgIpc) is 3.00. The van der Waals surface area contributed by atoms with Crippen LogP contribution in [0.3, 0.4) is 0 Å². The second kappa shape index (κ2) is 20.0. The van der Waals surface area contributed by atoms with Gasteiger partial charge in [-0.05, 0) is 49.1 Å². The first kappa shape index (κ1) is 39.7. The first-order valence-electron chi connectivity index (χ1n) is 16.4. The van der Waals surface area contributed by atoms with Gasteiger partial charge in [-0.25, -0.2) is 0 Å². The molecule has 1 unspecified atom stereocenters. The lowest BCUT2D eigenvalue weighted by molar-refractivity contribution is -0.757. The lowest BCUT2D eigenvalue weighted by Crippen LogP contribution is -2.48. The van der Waals surface area contributed by atoms with Crippen LogP contribution in [0.15, 0.2) is 24.3 Å². The lowest BCUT2D eigenvalue weighted by atomic mass is 9.78. The average molecular weight is 667 g/mol. The van der Waals surface area contributed by atoms with Crippen molar-refractivity contribution >= 4 is 23.5 Å². The Hall–Kier alpha value is -3.49. The highest BCUT2D eigenvalue weighted by molar-refractivity contribution is 5.95. The standard InChI is InChI=1S/C33H54N4O10/c1-7-8-15-35-32(40)25(23(2)3)17-29(47-31(39)14-11-16-45-37(41)42)26(34)18-33(4,5)19-30(38)36-20-24(21-44-22-43-6)46-28-13-10-9-12-27(28)36/h9-10,12-13,23-26,29H,7-8,11,14-22,34H2,1-6H3,(H,35,40)/t24-,25+,26?,29+/m1/s1. The molecule has 2 amide bonds. The highest BCUT2D eigenvalue weighted by Crippen LogP contribution is 2.37. The van der Waals surface area contributed by atoms with Gasteiger partial charge in [-0.15, -0.1) is 10.1 Å². The van der Waals surface area contributed by atoms with E-state index in [0.29, 0.717) is 30.9 Å². The van der Waals surface area contributed by atoms with E-state index < -0.39 is 34.5 Å². The molecule has 1 aromatic rings. The number of nitrogens with one attached hydrogen (secondary N) is 1. The maximum Gasteiger partial charge on any atom is 0.306 e. The third-order valence-electron chi connectivity index (χ3n) is 8.00. The van der Waals surface area contributed by atoms with E-state index in [2.05, 4.69) is 10.2 Å². The molecule has 4 atom stereocenters. The summed E-state index contributed by atoms with van der Waals surface area (Å²) in [6, 6.07) is 6.63. The smallest absolute Gasteiger partial charge is 0.306 e. The maximum absolute atomic E-state index is 13.8. The molecular formula is C33H54N4O10. The normalized spacial score (nSPS) is 16.4. The van der Waals surface area contributed by atoms with E-state index in [0.717, 1.165) is 12.8 Å². The van der Waals surface area contributed by atoms with Gasteiger partial charge in [0.05, 0.1) is 25.4 Å². The number of amides is 2. The van der Waals surface area contributed by atoms with E-state index in [1.807, 2.05) is 58.9 Å². The summed E-state index contributed by atoms with van der Waals surface area (Å²) >= 11 is 0. The number of nitrogens with zero attached hydrogens (tertiary/aromatic N) is 2. The Bertz CT molecular complexity index is 1150. The van der Waals surface area contributed by atoms with Gasteiger partial charge in [-0.3, -0.25) is 14.4 Å². The number of ether oxygens (including phenoxy) is 4. The van der Waals surface area contributed by atoms with Crippen molar-refractivity contribution in [1.82, 2.24) is 5.32 Å². The summed E-state index contributed by atoms with van der Waals surface area (Å²) in [6.45, 7) is 10.7. The van der Waals surface area contributed by atoms with E-state index >= 15 is 0 Å². The molecule has 0 bridgehead atoms. The van der Waals surface area contributed by atoms with Gasteiger partial charge in [0, 0.05) is 38.5 Å². The number of rotatable bonds is 22. The lowest BCUT2D eigenvalue weighted by Gasteiger charge is -2.38. The van der Waals surface area contributed by atoms with Crippen molar-refractivity contribution in [3.8, 4) is 5.75 Å². The summed E-state index contributed by atoms with van der Waals surface area (Å²) in [5.41, 5.74) is 6.79. The molecule has 1 aromatic carbocycles. The zero-order valence-electron chi connectivity index (χ0n) is 28.7. The highest BCUT2D eigenvalue weighted by Gasteiger charge is 2.37. The van der Waals surface area contributed by atoms with Gasteiger partial charge in [0.1, 0.15) is 24.8 Å². The second-order valence-corrected chi connectivity index (χ2v) is 13.1. The second-order valence-electron chi connectivity index (χ2n) is 13.1. The number of para-hydroxylation sites is 2. The molecule has 2 rings (SSSR count). The van der Waals surface area contributed by atoms with E-state index in [4.69, 9.17) is 24.7 Å². The Kier molecular flexibility index (Phi) is 16.9. The van der Waals surface area contributed by atoms with Gasteiger partial charge in [0.25, 0.3) is 5.09 Å². The van der Waals surface area contributed by atoms with Crippen molar-refractivity contribution < 1.29 is 43.3 Å². The molecule has 1 aliphatic heterocycles. The predicted octanol–water partition coefficient (Wildman–Crippen LogP) is 4.01. The summed E-state index contributed by atoms with van der Waals surface area (Å²) in [4.78, 5) is 56.3. The molecule has 0 saturated heterocycles. The number of hydrogen-bond acceptors (Lipinski definition) is 11. The fraction of sp³-hybridized carbons (Fsp3) is 0.727. The minimum Gasteiger partial charge on any atom is -0.484 e. The number of carbonyl (C=O) groups is 3. The number of esters is 1. The zero-order chi connectivity index (χ0) is 35.0. The quantitative estimate of drug-likeness (QED) is 0.0600. The van der Waals surface area contributed by atoms with Crippen LogP contribution in [-0.4, -0.2) is 81.3 Å². The first-order chi connectivity index (χ1) is 22.3. The fourth-order valence-electron chi connectivity index (χ4n) is 5.58. The molecule has 0 aliphatic carbocycles. The van der Waals surface area contributed by atoms with Crippen LogP contribution in [0.1, 0.15) is 79.6 Å². The molecule has 0 aromatic heterocycles. The number of benzene rings is 1. The Morgan fingerprint density at radius 3 is 2.60 bits per heavy atom. The van der Waals surface area contributed by atoms with E-state index in [1.165, 1.54) is 7.11 Å². The van der Waals surface area contributed by atoms with Gasteiger partial charge in [0.2, 0.25) is 11.8 Å². The topological polar surface area (TPSA) is 182 Å². The van der Waals surface area contributed by atoms with Gasteiger partial charge in [0.15, 0.2) is 0 Å². The van der Waals surface area contributed by atoms with Gasteiger partial charge < -0.3 is 39.7 Å². The van der Waals surface area contributed by atoms with Crippen LogP contribution in [0, 0.1) is 27.4 Å². The number of hydrogen-bond donors (Lipinski definition) is 2. The van der Waals surface area contributed by atoms with Crippen LogP contribution < -0.4 is 20.7 Å². The molecule has 3 N–H and O–H groups in total. The maximum atomic E-state index is 13.8. The van der Waals surface area contributed by atoms with Crippen molar-refractivity contribution in [2.24, 2.45) is 23.0 Å². The summed E-state index contributed by atoms with van der Waals surface area (Å²) in [5, 5.41) is 12.5. The monoisotopic (exact) mass is 666 g/mol. The number of carbonyl (C=O) groups excluding carboxylic acids is 3. The molecule has 1 heterocycles. The van der Waals surface area contributed by atoms with Crippen LogP contribution >= 0.6 is 0 Å². The Balaban J connectivity index is 2.19. The molecule has 0 fully saturated rings. The zero-order valence-corrected chi connectivity index (χ0v) is 28.7. The van der Waals surface area contributed by atoms with Crippen LogP contribution in [0.5, 0.6) is 5.75 Å². The molecule has 14 heteroatoms. The van der Waals surface area contributed by atoms with E-state index in [1.54, 1.807) is 4.90 Å². The largest absolute Gasteiger partial charge is 0.484 e. The van der Waals surface area contributed by atoms with E-state index in [-0.39, 0.29) is 69.5 Å². The number of methoxy groups -OCH3 is 1. The Morgan fingerprint density at radius 1 is 1.21 bits per heavy atom. The van der Waals surface area contributed by atoms with Crippen LogP contribution in [-0.2, 0) is 33.4 Å². The van der Waals surface area contributed by atoms with Crippen molar-refractivity contribution in [1.29, 1.82) is 0 Å². The minimum absolute atomic E-state index is 0.0599. The van der Waals surface area contributed by atoms with E-state index in [9.17, 15) is 24.5 Å².